The third kappa shape index (κ3) is 7.51. The molecule has 2 heterocycles. The van der Waals surface area contributed by atoms with Crippen molar-refractivity contribution in [1.29, 1.82) is 0 Å². The minimum atomic E-state index is -0.650. The van der Waals surface area contributed by atoms with Gasteiger partial charge in [-0.05, 0) is 48.2 Å². The van der Waals surface area contributed by atoms with Gasteiger partial charge in [-0.2, -0.15) is 11.8 Å². The molecule has 0 N–H and O–H groups in total. The van der Waals surface area contributed by atoms with Crippen molar-refractivity contribution in [2.45, 2.75) is 56.8 Å². The number of ether oxygens (including phenoxy) is 3. The molecule has 0 radical (unpaired) electrons. The Kier molecular flexibility index (Phi) is 9.33. The number of thioether (sulfide) groups is 1. The monoisotopic (exact) mass is 500 g/mol. The zero-order valence-electron chi connectivity index (χ0n) is 19.7. The molecule has 1 aromatic heterocycles. The van der Waals surface area contributed by atoms with E-state index >= 15 is 0 Å². The Labute approximate surface area is 211 Å². The van der Waals surface area contributed by atoms with Crippen LogP contribution in [0.15, 0.2) is 67.3 Å². The Balaban J connectivity index is 1.28. The molecule has 182 valence electrons. The third-order valence-corrected chi connectivity index (χ3v) is 7.26. The fourth-order valence-electron chi connectivity index (χ4n) is 3.96. The fraction of sp³-hybridized carbons (Fsp3) is 0.444. The van der Waals surface area contributed by atoms with E-state index in [4.69, 9.17) is 25.8 Å². The van der Waals surface area contributed by atoms with Crippen molar-refractivity contribution in [2.75, 3.05) is 19.0 Å². The highest BCUT2D eigenvalue weighted by Crippen LogP contribution is 2.33. The predicted molar refractivity (Wildman–Crippen MR) is 139 cm³/mol. The van der Waals surface area contributed by atoms with Gasteiger partial charge in [0.25, 0.3) is 0 Å². The predicted octanol–water partition coefficient (Wildman–Crippen LogP) is 6.39. The van der Waals surface area contributed by atoms with Gasteiger partial charge in [0, 0.05) is 35.3 Å². The summed E-state index contributed by atoms with van der Waals surface area (Å²) in [6, 6.07) is 16.4. The van der Waals surface area contributed by atoms with Gasteiger partial charge in [-0.15, -0.1) is 0 Å². The molecular formula is C27H33ClN2O3S. The molecule has 0 spiro atoms. The van der Waals surface area contributed by atoms with Crippen molar-refractivity contribution in [3.8, 4) is 5.75 Å². The van der Waals surface area contributed by atoms with Crippen molar-refractivity contribution in [3.05, 3.63) is 83.4 Å². The third-order valence-electron chi connectivity index (χ3n) is 5.87. The molecule has 34 heavy (non-hydrogen) atoms. The second-order valence-corrected chi connectivity index (χ2v) is 10.2. The normalized spacial score (nSPS) is 20.0. The number of nitrogens with zero attached hydrogens (tertiary/aromatic N) is 2. The summed E-state index contributed by atoms with van der Waals surface area (Å²) in [5, 5.41) is 0.751. The average molecular weight is 501 g/mol. The van der Waals surface area contributed by atoms with E-state index < -0.39 is 5.79 Å². The lowest BCUT2D eigenvalue weighted by molar-refractivity contribution is -0.180. The van der Waals surface area contributed by atoms with Crippen LogP contribution >= 0.6 is 23.4 Å². The van der Waals surface area contributed by atoms with Crippen molar-refractivity contribution >= 4 is 23.4 Å². The second kappa shape index (κ2) is 12.6. The van der Waals surface area contributed by atoms with Crippen LogP contribution in [-0.2, 0) is 28.2 Å². The number of aromatic nitrogens is 2. The lowest BCUT2D eigenvalue weighted by atomic mass is 10.0. The molecule has 0 aliphatic carbocycles. The zero-order valence-corrected chi connectivity index (χ0v) is 21.3. The number of unbranched alkanes of at least 4 members (excludes halogenated alkanes) is 1. The van der Waals surface area contributed by atoms with Crippen LogP contribution in [0.2, 0.25) is 5.02 Å². The number of hydrogen-bond acceptors (Lipinski definition) is 5. The van der Waals surface area contributed by atoms with Gasteiger partial charge < -0.3 is 18.8 Å². The van der Waals surface area contributed by atoms with E-state index in [1.165, 1.54) is 11.1 Å². The first-order chi connectivity index (χ1) is 16.6. The van der Waals surface area contributed by atoms with Gasteiger partial charge in [-0.25, -0.2) is 4.98 Å². The van der Waals surface area contributed by atoms with Gasteiger partial charge in [0.15, 0.2) is 5.79 Å². The Morgan fingerprint density at radius 2 is 1.94 bits per heavy atom. The van der Waals surface area contributed by atoms with Gasteiger partial charge in [-0.3, -0.25) is 0 Å². The molecule has 1 fully saturated rings. The summed E-state index contributed by atoms with van der Waals surface area (Å²) in [4.78, 5) is 4.18. The van der Waals surface area contributed by atoms with Gasteiger partial charge in [0.05, 0.1) is 32.2 Å². The molecule has 4 rings (SSSR count). The number of hydrogen-bond donors (Lipinski definition) is 0. The summed E-state index contributed by atoms with van der Waals surface area (Å²) in [5.74, 6) is 2.12. The first-order valence-corrected chi connectivity index (χ1v) is 13.5. The standard InChI is InChI=1S/C27H33ClN2O3S/c1-2-3-16-31-25-10-6-23(7-11-25)18-34-19-26-17-32-27(33-26,20-30-15-14-29-21-30)13-12-22-4-8-24(28)9-5-22/h4-11,14-15,21,26H,2-3,12-13,16-20H2,1H3. The minimum absolute atomic E-state index is 0.0652. The Hall–Kier alpha value is -1.99. The maximum absolute atomic E-state index is 6.54. The number of imidazole rings is 1. The van der Waals surface area contributed by atoms with Crippen LogP contribution in [0.5, 0.6) is 5.75 Å². The topological polar surface area (TPSA) is 45.5 Å². The summed E-state index contributed by atoms with van der Waals surface area (Å²) < 4.78 is 20.6. The van der Waals surface area contributed by atoms with Crippen LogP contribution in [0, 0.1) is 0 Å². The quantitative estimate of drug-likeness (QED) is 0.254. The molecule has 1 aliphatic rings. The number of rotatable bonds is 13. The summed E-state index contributed by atoms with van der Waals surface area (Å²) in [5.41, 5.74) is 2.51. The average Bonchev–Trinajstić information content (AvgIpc) is 3.51. The van der Waals surface area contributed by atoms with E-state index in [-0.39, 0.29) is 6.10 Å². The van der Waals surface area contributed by atoms with Crippen LogP contribution in [0.25, 0.3) is 0 Å². The van der Waals surface area contributed by atoms with Crippen LogP contribution in [0.4, 0.5) is 0 Å². The van der Waals surface area contributed by atoms with Crippen LogP contribution in [0.3, 0.4) is 0 Å². The maximum atomic E-state index is 6.54. The molecule has 0 bridgehead atoms. The van der Waals surface area contributed by atoms with Crippen LogP contribution in [0.1, 0.15) is 37.3 Å². The molecule has 5 nitrogen and oxygen atoms in total. The summed E-state index contributed by atoms with van der Waals surface area (Å²) in [6.45, 7) is 4.18. The fourth-order valence-corrected chi connectivity index (χ4v) is 5.06. The Morgan fingerprint density at radius 3 is 2.68 bits per heavy atom. The van der Waals surface area contributed by atoms with Crippen molar-refractivity contribution in [3.63, 3.8) is 0 Å². The molecule has 1 saturated heterocycles. The zero-order chi connectivity index (χ0) is 23.6. The molecule has 2 aromatic carbocycles. The molecule has 2 atom stereocenters. The van der Waals surface area contributed by atoms with Crippen molar-refractivity contribution in [1.82, 2.24) is 9.55 Å². The summed E-state index contributed by atoms with van der Waals surface area (Å²) >= 11 is 7.91. The Bertz CT molecular complexity index is 982. The van der Waals surface area contributed by atoms with Crippen molar-refractivity contribution < 1.29 is 14.2 Å². The smallest absolute Gasteiger partial charge is 0.187 e. The summed E-state index contributed by atoms with van der Waals surface area (Å²) in [6.07, 6.45) is 9.48. The Morgan fingerprint density at radius 1 is 1.15 bits per heavy atom. The number of benzene rings is 2. The van der Waals surface area contributed by atoms with E-state index in [0.717, 1.165) is 54.6 Å². The lowest BCUT2D eigenvalue weighted by Crippen LogP contribution is -2.37. The molecule has 0 amide bonds. The first kappa shape index (κ1) is 25.1. The van der Waals surface area contributed by atoms with E-state index in [0.29, 0.717) is 13.2 Å². The SMILES string of the molecule is CCCCOc1ccc(CSCC2COC(CCc3ccc(Cl)cc3)(Cn3ccnc3)O2)cc1. The van der Waals surface area contributed by atoms with E-state index in [2.05, 4.69) is 48.3 Å². The van der Waals surface area contributed by atoms with Crippen LogP contribution in [-0.4, -0.2) is 40.4 Å². The second-order valence-electron chi connectivity index (χ2n) is 8.68. The van der Waals surface area contributed by atoms with Gasteiger partial charge in [0.1, 0.15) is 5.75 Å². The number of halogens is 1. The molecule has 1 aliphatic heterocycles. The highest BCUT2D eigenvalue weighted by Gasteiger charge is 2.41. The largest absolute Gasteiger partial charge is 0.494 e. The van der Waals surface area contributed by atoms with Crippen LogP contribution < -0.4 is 4.74 Å². The maximum Gasteiger partial charge on any atom is 0.187 e. The summed E-state index contributed by atoms with van der Waals surface area (Å²) in [7, 11) is 0. The van der Waals surface area contributed by atoms with Crippen molar-refractivity contribution in [2.24, 2.45) is 0 Å². The van der Waals surface area contributed by atoms with E-state index in [1.807, 2.05) is 41.0 Å². The van der Waals surface area contributed by atoms with Gasteiger partial charge in [-0.1, -0.05) is 49.2 Å². The van der Waals surface area contributed by atoms with E-state index in [9.17, 15) is 0 Å². The highest BCUT2D eigenvalue weighted by molar-refractivity contribution is 7.98. The molecule has 3 aromatic rings. The molecule has 7 heteroatoms. The lowest BCUT2D eigenvalue weighted by Gasteiger charge is -2.28. The van der Waals surface area contributed by atoms with Gasteiger partial charge in [0.2, 0.25) is 0 Å². The van der Waals surface area contributed by atoms with E-state index in [1.54, 1.807) is 6.20 Å². The van der Waals surface area contributed by atoms with Gasteiger partial charge >= 0.3 is 0 Å². The minimum Gasteiger partial charge on any atom is -0.494 e. The first-order valence-electron chi connectivity index (χ1n) is 12.0. The molecular weight excluding hydrogens is 468 g/mol. The molecule has 0 saturated carbocycles. The number of aryl methyl sites for hydroxylation is 1. The highest BCUT2D eigenvalue weighted by atomic mass is 35.5. The molecule has 2 unspecified atom stereocenters.